The lowest BCUT2D eigenvalue weighted by Crippen LogP contribution is -2.21. The van der Waals surface area contributed by atoms with Crippen molar-refractivity contribution in [3.63, 3.8) is 0 Å². The molecule has 6 nitrogen and oxygen atoms in total. The van der Waals surface area contributed by atoms with Gasteiger partial charge in [-0.3, -0.25) is 4.79 Å². The van der Waals surface area contributed by atoms with Gasteiger partial charge < -0.3 is 14.8 Å². The van der Waals surface area contributed by atoms with Crippen molar-refractivity contribution in [3.8, 4) is 0 Å². The molecule has 0 radical (unpaired) electrons. The first kappa shape index (κ1) is 20.2. The Morgan fingerprint density at radius 3 is 2.19 bits per heavy atom. The zero-order valence-corrected chi connectivity index (χ0v) is 15.9. The number of carbonyl (C=O) groups excluding carboxylic acids is 3. The fraction of sp³-hybridized carbons (Fsp3) is 0.286. The van der Waals surface area contributed by atoms with Gasteiger partial charge in [0.2, 0.25) is 0 Å². The number of amides is 1. The Labute approximate surface area is 158 Å². The van der Waals surface area contributed by atoms with Crippen molar-refractivity contribution in [1.82, 2.24) is 0 Å². The summed E-state index contributed by atoms with van der Waals surface area (Å²) in [6.45, 7) is 5.82. The van der Waals surface area contributed by atoms with Gasteiger partial charge in [0, 0.05) is 5.69 Å². The summed E-state index contributed by atoms with van der Waals surface area (Å²) in [7, 11) is 1.28. The van der Waals surface area contributed by atoms with Crippen LogP contribution in [0.25, 0.3) is 0 Å². The molecule has 0 aliphatic heterocycles. The lowest BCUT2D eigenvalue weighted by atomic mass is 9.87. The maximum atomic E-state index is 12.1. The number of rotatable bonds is 5. The molecule has 0 aromatic heterocycles. The van der Waals surface area contributed by atoms with Crippen LogP contribution >= 0.6 is 0 Å². The molecule has 0 saturated carbocycles. The van der Waals surface area contributed by atoms with E-state index in [2.05, 4.69) is 30.8 Å². The molecule has 0 atom stereocenters. The molecule has 0 aliphatic carbocycles. The molecule has 0 saturated heterocycles. The zero-order chi connectivity index (χ0) is 20.0. The molecule has 0 fully saturated rings. The second-order valence-electron chi connectivity index (χ2n) is 7.02. The van der Waals surface area contributed by atoms with Gasteiger partial charge in [-0.2, -0.15) is 0 Å². The average molecular weight is 369 g/mol. The highest BCUT2D eigenvalue weighted by Crippen LogP contribution is 2.22. The van der Waals surface area contributed by atoms with Crippen LogP contribution in [0.4, 0.5) is 5.69 Å². The number of anilines is 1. The molecule has 2 aromatic carbocycles. The number of hydrogen-bond acceptors (Lipinski definition) is 5. The Bertz CT molecular complexity index is 834. The summed E-state index contributed by atoms with van der Waals surface area (Å²) in [5, 5.41) is 2.57. The second kappa shape index (κ2) is 8.49. The number of carbonyl (C=O) groups is 3. The first-order valence-corrected chi connectivity index (χ1v) is 8.46. The predicted molar refractivity (Wildman–Crippen MR) is 102 cm³/mol. The summed E-state index contributed by atoms with van der Waals surface area (Å²) in [6.07, 6.45) is 0. The first-order valence-electron chi connectivity index (χ1n) is 8.46. The molecule has 1 N–H and O–H groups in total. The van der Waals surface area contributed by atoms with Crippen LogP contribution in [0.1, 0.15) is 47.1 Å². The summed E-state index contributed by atoms with van der Waals surface area (Å²) < 4.78 is 9.68. The fourth-order valence-electron chi connectivity index (χ4n) is 2.36. The summed E-state index contributed by atoms with van der Waals surface area (Å²) >= 11 is 0. The largest absolute Gasteiger partial charge is 0.465 e. The Morgan fingerprint density at radius 2 is 1.59 bits per heavy atom. The van der Waals surface area contributed by atoms with E-state index in [1.54, 1.807) is 30.3 Å². The SMILES string of the molecule is COC(=O)c1cccc(NC(=O)COC(=O)c2ccc(C(C)(C)C)cc2)c1. The van der Waals surface area contributed by atoms with Crippen LogP contribution in [0.5, 0.6) is 0 Å². The first-order chi connectivity index (χ1) is 12.7. The van der Waals surface area contributed by atoms with Crippen molar-refractivity contribution in [2.45, 2.75) is 26.2 Å². The Morgan fingerprint density at radius 1 is 0.926 bits per heavy atom. The third-order valence-electron chi connectivity index (χ3n) is 3.89. The zero-order valence-electron chi connectivity index (χ0n) is 15.9. The summed E-state index contributed by atoms with van der Waals surface area (Å²) in [5.41, 5.74) is 2.19. The lowest BCUT2D eigenvalue weighted by molar-refractivity contribution is -0.119. The van der Waals surface area contributed by atoms with Crippen LogP contribution in [0.15, 0.2) is 48.5 Å². The van der Waals surface area contributed by atoms with E-state index in [1.165, 1.54) is 13.2 Å². The van der Waals surface area contributed by atoms with Crippen molar-refractivity contribution >= 4 is 23.5 Å². The smallest absolute Gasteiger partial charge is 0.338 e. The lowest BCUT2D eigenvalue weighted by Gasteiger charge is -2.18. The topological polar surface area (TPSA) is 81.7 Å². The summed E-state index contributed by atoms with van der Waals surface area (Å²) in [5.74, 6) is -1.58. The highest BCUT2D eigenvalue weighted by atomic mass is 16.5. The highest BCUT2D eigenvalue weighted by Gasteiger charge is 2.15. The predicted octanol–water partition coefficient (Wildman–Crippen LogP) is 3.57. The minimum absolute atomic E-state index is 0.0128. The maximum absolute atomic E-state index is 12.1. The standard InChI is InChI=1S/C21H23NO5/c1-21(2,3)16-10-8-14(9-11-16)20(25)27-13-18(23)22-17-7-5-6-15(12-17)19(24)26-4/h5-12H,13H2,1-4H3,(H,22,23). The molecular weight excluding hydrogens is 346 g/mol. The van der Waals surface area contributed by atoms with Crippen LogP contribution in [0, 0.1) is 0 Å². The van der Waals surface area contributed by atoms with Crippen molar-refractivity contribution in [3.05, 3.63) is 65.2 Å². The average Bonchev–Trinajstić information content (AvgIpc) is 2.65. The molecule has 6 heteroatoms. The van der Waals surface area contributed by atoms with Crippen LogP contribution in [0.2, 0.25) is 0 Å². The normalized spacial score (nSPS) is 10.8. The molecule has 2 aromatic rings. The molecular formula is C21H23NO5. The third kappa shape index (κ3) is 5.67. The van der Waals surface area contributed by atoms with E-state index in [0.717, 1.165) is 5.56 Å². The van der Waals surface area contributed by atoms with E-state index < -0.39 is 24.5 Å². The number of methoxy groups -OCH3 is 1. The van der Waals surface area contributed by atoms with E-state index in [0.29, 0.717) is 16.8 Å². The summed E-state index contributed by atoms with van der Waals surface area (Å²) in [4.78, 5) is 35.6. The van der Waals surface area contributed by atoms with Gasteiger partial charge in [0.15, 0.2) is 6.61 Å². The van der Waals surface area contributed by atoms with Crippen LogP contribution < -0.4 is 5.32 Å². The van der Waals surface area contributed by atoms with Gasteiger partial charge in [0.1, 0.15) is 0 Å². The van der Waals surface area contributed by atoms with Gasteiger partial charge in [0.25, 0.3) is 5.91 Å². The van der Waals surface area contributed by atoms with Crippen LogP contribution in [-0.2, 0) is 19.7 Å². The van der Waals surface area contributed by atoms with Crippen LogP contribution in [-0.4, -0.2) is 31.6 Å². The molecule has 0 aliphatic rings. The molecule has 0 unspecified atom stereocenters. The molecule has 2 rings (SSSR count). The molecule has 27 heavy (non-hydrogen) atoms. The van der Waals surface area contributed by atoms with E-state index >= 15 is 0 Å². The Kier molecular flexibility index (Phi) is 6.34. The van der Waals surface area contributed by atoms with Gasteiger partial charge in [-0.15, -0.1) is 0 Å². The fourth-order valence-corrected chi connectivity index (χ4v) is 2.36. The molecule has 142 valence electrons. The third-order valence-corrected chi connectivity index (χ3v) is 3.89. The Hall–Kier alpha value is -3.15. The van der Waals surface area contributed by atoms with E-state index in [9.17, 15) is 14.4 Å². The van der Waals surface area contributed by atoms with Gasteiger partial charge in [0.05, 0.1) is 18.2 Å². The molecule has 0 heterocycles. The van der Waals surface area contributed by atoms with E-state index in [4.69, 9.17) is 4.74 Å². The van der Waals surface area contributed by atoms with Gasteiger partial charge in [-0.05, 0) is 41.3 Å². The minimum atomic E-state index is -0.575. The number of benzene rings is 2. The molecule has 0 spiro atoms. The van der Waals surface area contributed by atoms with Crippen molar-refractivity contribution in [2.75, 3.05) is 19.0 Å². The van der Waals surface area contributed by atoms with Crippen LogP contribution in [0.3, 0.4) is 0 Å². The number of hydrogen-bond donors (Lipinski definition) is 1. The van der Waals surface area contributed by atoms with Gasteiger partial charge >= 0.3 is 11.9 Å². The van der Waals surface area contributed by atoms with E-state index in [1.807, 2.05) is 12.1 Å². The number of nitrogens with one attached hydrogen (secondary N) is 1. The Balaban J connectivity index is 1.92. The van der Waals surface area contributed by atoms with Crippen molar-refractivity contribution < 1.29 is 23.9 Å². The van der Waals surface area contributed by atoms with Crippen molar-refractivity contribution in [1.29, 1.82) is 0 Å². The minimum Gasteiger partial charge on any atom is -0.465 e. The monoisotopic (exact) mass is 369 g/mol. The highest BCUT2D eigenvalue weighted by molar-refractivity contribution is 5.97. The van der Waals surface area contributed by atoms with Crippen molar-refractivity contribution in [2.24, 2.45) is 0 Å². The maximum Gasteiger partial charge on any atom is 0.338 e. The van der Waals surface area contributed by atoms with Gasteiger partial charge in [-0.25, -0.2) is 9.59 Å². The molecule has 1 amide bonds. The van der Waals surface area contributed by atoms with E-state index in [-0.39, 0.29) is 5.41 Å². The second-order valence-corrected chi connectivity index (χ2v) is 7.02. The quantitative estimate of drug-likeness (QED) is 0.815. The molecule has 0 bridgehead atoms. The number of esters is 2. The number of ether oxygens (including phenoxy) is 2. The summed E-state index contributed by atoms with van der Waals surface area (Å²) in [6, 6.07) is 13.4. The van der Waals surface area contributed by atoms with Gasteiger partial charge in [-0.1, -0.05) is 39.0 Å².